The summed E-state index contributed by atoms with van der Waals surface area (Å²) in [6.45, 7) is 1.70. The van der Waals surface area contributed by atoms with Gasteiger partial charge < -0.3 is 10.6 Å². The molecule has 1 saturated heterocycles. The van der Waals surface area contributed by atoms with Crippen LogP contribution in [-0.4, -0.2) is 29.9 Å². The Morgan fingerprint density at radius 1 is 1.00 bits per heavy atom. The fourth-order valence-electron chi connectivity index (χ4n) is 4.76. The van der Waals surface area contributed by atoms with Crippen LogP contribution in [0.25, 0.3) is 0 Å². The smallest absolute Gasteiger partial charge is 0.226 e. The van der Waals surface area contributed by atoms with Gasteiger partial charge in [-0.1, -0.05) is 19.3 Å². The third-order valence-electron chi connectivity index (χ3n) is 5.81. The second-order valence-electron chi connectivity index (χ2n) is 6.82. The minimum atomic E-state index is 0.243. The molecule has 3 unspecified atom stereocenters. The van der Waals surface area contributed by atoms with E-state index in [2.05, 4.69) is 4.90 Å². The van der Waals surface area contributed by atoms with E-state index in [0.29, 0.717) is 24.4 Å². The molecule has 1 heterocycles. The van der Waals surface area contributed by atoms with Crippen molar-refractivity contribution >= 4 is 5.91 Å². The lowest BCUT2D eigenvalue weighted by atomic mass is 9.92. The molecule has 0 aromatic rings. The highest BCUT2D eigenvalue weighted by Gasteiger charge is 2.41. The average Bonchev–Trinajstić information content (AvgIpc) is 3.16. The first-order valence-electron chi connectivity index (χ1n) is 8.32. The van der Waals surface area contributed by atoms with Crippen molar-refractivity contribution in [2.24, 2.45) is 23.5 Å². The summed E-state index contributed by atoms with van der Waals surface area (Å²) in [6, 6.07) is 0.564. The topological polar surface area (TPSA) is 46.3 Å². The number of carbonyl (C=O) groups is 1. The molecule has 3 rings (SSSR count). The Morgan fingerprint density at radius 2 is 1.79 bits per heavy atom. The predicted octanol–water partition coefficient (Wildman–Crippen LogP) is 2.54. The van der Waals surface area contributed by atoms with Crippen LogP contribution >= 0.6 is 0 Å². The molecule has 1 aliphatic heterocycles. The minimum absolute atomic E-state index is 0.243. The van der Waals surface area contributed by atoms with E-state index in [1.54, 1.807) is 0 Å². The number of carbonyl (C=O) groups excluding carboxylic acids is 1. The van der Waals surface area contributed by atoms with Gasteiger partial charge in [0.1, 0.15) is 0 Å². The summed E-state index contributed by atoms with van der Waals surface area (Å²) < 4.78 is 0. The molecule has 3 nitrogen and oxygen atoms in total. The van der Waals surface area contributed by atoms with Crippen LogP contribution in [0.3, 0.4) is 0 Å². The normalized spacial score (nSPS) is 36.3. The zero-order chi connectivity index (χ0) is 13.2. The lowest BCUT2D eigenvalue weighted by Gasteiger charge is -2.32. The molecule has 2 aliphatic carbocycles. The Bertz CT molecular complexity index is 325. The summed E-state index contributed by atoms with van der Waals surface area (Å²) in [5, 5.41) is 0. The fourth-order valence-corrected chi connectivity index (χ4v) is 4.76. The van der Waals surface area contributed by atoms with Crippen molar-refractivity contribution in [2.45, 2.75) is 63.8 Å². The zero-order valence-corrected chi connectivity index (χ0v) is 12.0. The molecular formula is C16H28N2O. The van der Waals surface area contributed by atoms with Gasteiger partial charge >= 0.3 is 0 Å². The van der Waals surface area contributed by atoms with Crippen LogP contribution in [0.2, 0.25) is 0 Å². The number of rotatable bonds is 3. The van der Waals surface area contributed by atoms with Crippen LogP contribution in [0.4, 0.5) is 0 Å². The summed E-state index contributed by atoms with van der Waals surface area (Å²) >= 11 is 0. The quantitative estimate of drug-likeness (QED) is 0.851. The highest BCUT2D eigenvalue weighted by molar-refractivity contribution is 5.80. The van der Waals surface area contributed by atoms with Gasteiger partial charge in [0.2, 0.25) is 5.91 Å². The first-order valence-corrected chi connectivity index (χ1v) is 8.32. The van der Waals surface area contributed by atoms with E-state index in [1.165, 1.54) is 44.9 Å². The van der Waals surface area contributed by atoms with Gasteiger partial charge in [0.05, 0.1) is 0 Å². The SMILES string of the molecule is NCC1CCCC1C(=O)N1CCCC1C1CCCC1. The van der Waals surface area contributed by atoms with E-state index in [1.807, 2.05) is 0 Å². The van der Waals surface area contributed by atoms with E-state index >= 15 is 0 Å². The Balaban J connectivity index is 1.67. The molecule has 3 fully saturated rings. The third-order valence-corrected chi connectivity index (χ3v) is 5.81. The molecule has 0 spiro atoms. The summed E-state index contributed by atoms with van der Waals surface area (Å²) in [6.07, 6.45) is 11.3. The summed E-state index contributed by atoms with van der Waals surface area (Å²) in [4.78, 5) is 15.1. The summed E-state index contributed by atoms with van der Waals surface area (Å²) in [7, 11) is 0. The highest BCUT2D eigenvalue weighted by atomic mass is 16.2. The number of likely N-dealkylation sites (tertiary alicyclic amines) is 1. The molecule has 1 amide bonds. The molecule has 3 atom stereocenters. The van der Waals surface area contributed by atoms with Crippen molar-refractivity contribution in [1.29, 1.82) is 0 Å². The van der Waals surface area contributed by atoms with Crippen LogP contribution in [0.15, 0.2) is 0 Å². The Kier molecular flexibility index (Phi) is 4.11. The lowest BCUT2D eigenvalue weighted by Crippen LogP contribution is -2.44. The monoisotopic (exact) mass is 264 g/mol. The van der Waals surface area contributed by atoms with Gasteiger partial charge in [-0.3, -0.25) is 4.79 Å². The number of nitrogens with zero attached hydrogens (tertiary/aromatic N) is 1. The Morgan fingerprint density at radius 3 is 2.53 bits per heavy atom. The minimum Gasteiger partial charge on any atom is -0.339 e. The van der Waals surface area contributed by atoms with Crippen molar-refractivity contribution in [3.8, 4) is 0 Å². The number of hydrogen-bond donors (Lipinski definition) is 1. The zero-order valence-electron chi connectivity index (χ0n) is 12.0. The van der Waals surface area contributed by atoms with Crippen molar-refractivity contribution in [1.82, 2.24) is 4.90 Å². The summed E-state index contributed by atoms with van der Waals surface area (Å²) in [5.74, 6) is 1.94. The van der Waals surface area contributed by atoms with Crippen LogP contribution in [0, 0.1) is 17.8 Å². The number of amides is 1. The maximum absolute atomic E-state index is 12.9. The first kappa shape index (κ1) is 13.4. The molecule has 108 valence electrons. The molecular weight excluding hydrogens is 236 g/mol. The number of hydrogen-bond acceptors (Lipinski definition) is 2. The molecule has 2 saturated carbocycles. The molecule has 0 bridgehead atoms. The molecule has 19 heavy (non-hydrogen) atoms. The second kappa shape index (κ2) is 5.82. The fraction of sp³-hybridized carbons (Fsp3) is 0.938. The molecule has 0 radical (unpaired) electrons. The predicted molar refractivity (Wildman–Crippen MR) is 76.6 cm³/mol. The van der Waals surface area contributed by atoms with Crippen molar-refractivity contribution in [3.05, 3.63) is 0 Å². The van der Waals surface area contributed by atoms with Gasteiger partial charge in [0.15, 0.2) is 0 Å². The van der Waals surface area contributed by atoms with Crippen LogP contribution < -0.4 is 5.73 Å². The lowest BCUT2D eigenvalue weighted by molar-refractivity contribution is -0.138. The molecule has 3 aliphatic rings. The van der Waals surface area contributed by atoms with E-state index in [0.717, 1.165) is 25.3 Å². The number of nitrogens with two attached hydrogens (primary N) is 1. The molecule has 0 aromatic carbocycles. The second-order valence-corrected chi connectivity index (χ2v) is 6.82. The standard InChI is InChI=1S/C16H28N2O/c17-11-13-7-3-8-14(13)16(19)18-10-4-9-15(18)12-5-1-2-6-12/h12-15H,1-11,17H2. The largest absolute Gasteiger partial charge is 0.339 e. The van der Waals surface area contributed by atoms with Gasteiger partial charge in [-0.05, 0) is 56.9 Å². The third kappa shape index (κ3) is 2.54. The molecule has 3 heteroatoms. The van der Waals surface area contributed by atoms with Gasteiger partial charge in [0, 0.05) is 18.5 Å². The molecule has 0 aromatic heterocycles. The summed E-state index contributed by atoms with van der Waals surface area (Å²) in [5.41, 5.74) is 5.85. The first-order chi connectivity index (χ1) is 9.31. The Hall–Kier alpha value is -0.570. The highest BCUT2D eigenvalue weighted by Crippen LogP contribution is 2.39. The van der Waals surface area contributed by atoms with Gasteiger partial charge in [-0.25, -0.2) is 0 Å². The van der Waals surface area contributed by atoms with Gasteiger partial charge in [0.25, 0.3) is 0 Å². The van der Waals surface area contributed by atoms with E-state index in [4.69, 9.17) is 5.73 Å². The van der Waals surface area contributed by atoms with Crippen LogP contribution in [0.5, 0.6) is 0 Å². The van der Waals surface area contributed by atoms with Crippen molar-refractivity contribution < 1.29 is 4.79 Å². The van der Waals surface area contributed by atoms with E-state index in [-0.39, 0.29) is 5.92 Å². The maximum atomic E-state index is 12.9. The van der Waals surface area contributed by atoms with E-state index < -0.39 is 0 Å². The van der Waals surface area contributed by atoms with Crippen molar-refractivity contribution in [3.63, 3.8) is 0 Å². The van der Waals surface area contributed by atoms with Crippen LogP contribution in [0.1, 0.15) is 57.8 Å². The van der Waals surface area contributed by atoms with Crippen LogP contribution in [-0.2, 0) is 4.79 Å². The maximum Gasteiger partial charge on any atom is 0.226 e. The van der Waals surface area contributed by atoms with Crippen molar-refractivity contribution in [2.75, 3.05) is 13.1 Å². The Labute approximate surface area is 116 Å². The van der Waals surface area contributed by atoms with Gasteiger partial charge in [-0.2, -0.15) is 0 Å². The average molecular weight is 264 g/mol. The molecule has 2 N–H and O–H groups in total. The van der Waals surface area contributed by atoms with E-state index in [9.17, 15) is 4.79 Å². The van der Waals surface area contributed by atoms with Gasteiger partial charge in [-0.15, -0.1) is 0 Å².